The Morgan fingerprint density at radius 3 is 2.82 bits per heavy atom. The van der Waals surface area contributed by atoms with Gasteiger partial charge >= 0.3 is 5.97 Å². The van der Waals surface area contributed by atoms with Crippen LogP contribution in [0.5, 0.6) is 0 Å². The molecule has 1 heterocycles. The molecule has 0 aromatic carbocycles. The first-order valence-electron chi connectivity index (χ1n) is 5.78. The molecule has 0 fully saturated rings. The summed E-state index contributed by atoms with van der Waals surface area (Å²) < 4.78 is 4.71. The van der Waals surface area contributed by atoms with E-state index >= 15 is 0 Å². The van der Waals surface area contributed by atoms with Crippen LogP contribution in [0.1, 0.15) is 25.1 Å². The molecule has 1 N–H and O–H groups in total. The summed E-state index contributed by atoms with van der Waals surface area (Å²) in [5, 5.41) is 3.29. The molecule has 0 saturated carbocycles. The minimum atomic E-state index is -0.192. The lowest BCUT2D eigenvalue weighted by atomic mass is 10.0. The maximum absolute atomic E-state index is 11.4. The number of pyridine rings is 1. The van der Waals surface area contributed by atoms with Crippen LogP contribution in [-0.4, -0.2) is 24.1 Å². The maximum Gasteiger partial charge on any atom is 0.309 e. The SMILES string of the molecule is COC(=O)C(C)C(C)NCc1ncccc1C. The largest absolute Gasteiger partial charge is 0.469 e. The lowest BCUT2D eigenvalue weighted by molar-refractivity contribution is -0.145. The summed E-state index contributed by atoms with van der Waals surface area (Å²) in [6.07, 6.45) is 1.78. The Hall–Kier alpha value is -1.42. The molecule has 2 atom stereocenters. The van der Waals surface area contributed by atoms with E-state index in [1.54, 1.807) is 6.20 Å². The predicted octanol–water partition coefficient (Wildman–Crippen LogP) is 1.68. The summed E-state index contributed by atoms with van der Waals surface area (Å²) in [6.45, 7) is 6.52. The molecule has 1 aromatic heterocycles. The number of carbonyl (C=O) groups excluding carboxylic acids is 1. The van der Waals surface area contributed by atoms with Crippen LogP contribution in [0.2, 0.25) is 0 Å². The average molecular weight is 236 g/mol. The minimum Gasteiger partial charge on any atom is -0.469 e. The second kappa shape index (κ2) is 6.35. The molecule has 1 aromatic rings. The van der Waals surface area contributed by atoms with Gasteiger partial charge < -0.3 is 10.1 Å². The number of hydrogen-bond acceptors (Lipinski definition) is 4. The van der Waals surface area contributed by atoms with E-state index in [4.69, 9.17) is 4.74 Å². The molecule has 0 saturated heterocycles. The van der Waals surface area contributed by atoms with E-state index in [0.29, 0.717) is 6.54 Å². The number of rotatable bonds is 5. The van der Waals surface area contributed by atoms with Crippen molar-refractivity contribution in [3.63, 3.8) is 0 Å². The van der Waals surface area contributed by atoms with Gasteiger partial charge in [0.1, 0.15) is 0 Å². The third kappa shape index (κ3) is 3.82. The number of nitrogens with zero attached hydrogens (tertiary/aromatic N) is 1. The van der Waals surface area contributed by atoms with Gasteiger partial charge in [-0.05, 0) is 25.5 Å². The second-order valence-corrected chi connectivity index (χ2v) is 4.25. The normalized spacial score (nSPS) is 14.1. The van der Waals surface area contributed by atoms with Gasteiger partial charge in [0.2, 0.25) is 0 Å². The third-order valence-corrected chi connectivity index (χ3v) is 3.03. The second-order valence-electron chi connectivity index (χ2n) is 4.25. The Balaban J connectivity index is 2.51. The number of aryl methyl sites for hydroxylation is 1. The number of hydrogen-bond donors (Lipinski definition) is 1. The molecule has 1 rings (SSSR count). The van der Waals surface area contributed by atoms with Gasteiger partial charge in [0.05, 0.1) is 18.7 Å². The van der Waals surface area contributed by atoms with Crippen LogP contribution in [-0.2, 0) is 16.1 Å². The van der Waals surface area contributed by atoms with Crippen molar-refractivity contribution in [2.24, 2.45) is 5.92 Å². The van der Waals surface area contributed by atoms with Crippen LogP contribution in [0.25, 0.3) is 0 Å². The summed E-state index contributed by atoms with van der Waals surface area (Å²) in [5.41, 5.74) is 2.16. The zero-order chi connectivity index (χ0) is 12.8. The topological polar surface area (TPSA) is 51.2 Å². The van der Waals surface area contributed by atoms with Gasteiger partial charge in [-0.3, -0.25) is 9.78 Å². The van der Waals surface area contributed by atoms with Gasteiger partial charge in [-0.2, -0.15) is 0 Å². The van der Waals surface area contributed by atoms with Crippen molar-refractivity contribution in [3.8, 4) is 0 Å². The third-order valence-electron chi connectivity index (χ3n) is 3.03. The van der Waals surface area contributed by atoms with Crippen molar-refractivity contribution < 1.29 is 9.53 Å². The first-order chi connectivity index (χ1) is 8.06. The molecule has 0 aliphatic carbocycles. The number of methoxy groups -OCH3 is 1. The van der Waals surface area contributed by atoms with Gasteiger partial charge in [-0.1, -0.05) is 13.0 Å². The quantitative estimate of drug-likeness (QED) is 0.790. The molecule has 2 unspecified atom stereocenters. The highest BCUT2D eigenvalue weighted by Gasteiger charge is 2.20. The fraction of sp³-hybridized carbons (Fsp3) is 0.538. The molecule has 0 amide bonds. The highest BCUT2D eigenvalue weighted by molar-refractivity contribution is 5.72. The van der Waals surface area contributed by atoms with E-state index in [2.05, 4.69) is 10.3 Å². The molecule has 0 aliphatic rings. The van der Waals surface area contributed by atoms with Crippen molar-refractivity contribution in [1.82, 2.24) is 10.3 Å². The average Bonchev–Trinajstić information content (AvgIpc) is 2.35. The monoisotopic (exact) mass is 236 g/mol. The summed E-state index contributed by atoms with van der Waals surface area (Å²) in [7, 11) is 1.41. The van der Waals surface area contributed by atoms with Crippen molar-refractivity contribution in [2.45, 2.75) is 33.4 Å². The molecule has 0 spiro atoms. The van der Waals surface area contributed by atoms with E-state index in [-0.39, 0.29) is 17.9 Å². The molecule has 17 heavy (non-hydrogen) atoms. The zero-order valence-electron chi connectivity index (χ0n) is 10.9. The van der Waals surface area contributed by atoms with E-state index in [1.807, 2.05) is 32.9 Å². The summed E-state index contributed by atoms with van der Waals surface area (Å²) in [4.78, 5) is 15.6. The summed E-state index contributed by atoms with van der Waals surface area (Å²) >= 11 is 0. The molecule has 4 nitrogen and oxygen atoms in total. The van der Waals surface area contributed by atoms with Gasteiger partial charge in [-0.25, -0.2) is 0 Å². The number of esters is 1. The number of ether oxygens (including phenoxy) is 1. The van der Waals surface area contributed by atoms with Gasteiger partial charge in [-0.15, -0.1) is 0 Å². The Kier molecular flexibility index (Phi) is 5.10. The Bertz CT molecular complexity index is 379. The lowest BCUT2D eigenvalue weighted by Crippen LogP contribution is -2.36. The lowest BCUT2D eigenvalue weighted by Gasteiger charge is -2.19. The highest BCUT2D eigenvalue weighted by atomic mass is 16.5. The fourth-order valence-electron chi connectivity index (χ4n) is 1.53. The van der Waals surface area contributed by atoms with Crippen molar-refractivity contribution in [2.75, 3.05) is 7.11 Å². The van der Waals surface area contributed by atoms with E-state index in [1.165, 1.54) is 7.11 Å². The molecule has 0 bridgehead atoms. The van der Waals surface area contributed by atoms with Crippen LogP contribution < -0.4 is 5.32 Å². The first kappa shape index (κ1) is 13.6. The van der Waals surface area contributed by atoms with E-state index in [9.17, 15) is 4.79 Å². The number of aromatic nitrogens is 1. The molecule has 0 aliphatic heterocycles. The Morgan fingerprint density at radius 2 is 2.24 bits per heavy atom. The molecular weight excluding hydrogens is 216 g/mol. The van der Waals surface area contributed by atoms with Crippen LogP contribution in [0.15, 0.2) is 18.3 Å². The summed E-state index contributed by atoms with van der Waals surface area (Å²) in [6, 6.07) is 4.00. The number of nitrogens with one attached hydrogen (secondary N) is 1. The van der Waals surface area contributed by atoms with Gasteiger partial charge in [0.25, 0.3) is 0 Å². The maximum atomic E-state index is 11.4. The smallest absolute Gasteiger partial charge is 0.309 e. The van der Waals surface area contributed by atoms with E-state index < -0.39 is 0 Å². The fourth-order valence-corrected chi connectivity index (χ4v) is 1.53. The van der Waals surface area contributed by atoms with Crippen molar-refractivity contribution in [1.29, 1.82) is 0 Å². The Morgan fingerprint density at radius 1 is 1.53 bits per heavy atom. The molecule has 4 heteroatoms. The predicted molar refractivity (Wildman–Crippen MR) is 66.5 cm³/mol. The van der Waals surface area contributed by atoms with E-state index in [0.717, 1.165) is 11.3 Å². The molecule has 94 valence electrons. The number of carbonyl (C=O) groups is 1. The van der Waals surface area contributed by atoms with Crippen LogP contribution in [0.3, 0.4) is 0 Å². The summed E-state index contributed by atoms with van der Waals surface area (Å²) in [5.74, 6) is -0.355. The highest BCUT2D eigenvalue weighted by Crippen LogP contribution is 2.07. The Labute approximate surface area is 102 Å². The van der Waals surface area contributed by atoms with Gasteiger partial charge in [0, 0.05) is 18.8 Å². The van der Waals surface area contributed by atoms with Crippen molar-refractivity contribution in [3.05, 3.63) is 29.6 Å². The van der Waals surface area contributed by atoms with Crippen molar-refractivity contribution >= 4 is 5.97 Å². The zero-order valence-corrected chi connectivity index (χ0v) is 10.9. The van der Waals surface area contributed by atoms with Crippen LogP contribution in [0, 0.1) is 12.8 Å². The molecule has 0 radical (unpaired) electrons. The first-order valence-corrected chi connectivity index (χ1v) is 5.78. The standard InChI is InChI=1S/C13H20N2O2/c1-9-6-5-7-14-12(9)8-15-11(3)10(2)13(16)17-4/h5-7,10-11,15H,8H2,1-4H3. The van der Waals surface area contributed by atoms with Crippen LogP contribution >= 0.6 is 0 Å². The molecular formula is C13H20N2O2. The minimum absolute atomic E-state index is 0.0591. The van der Waals surface area contributed by atoms with Crippen LogP contribution in [0.4, 0.5) is 0 Å². The van der Waals surface area contributed by atoms with Gasteiger partial charge in [0.15, 0.2) is 0 Å².